The molecule has 0 bridgehead atoms. The van der Waals surface area contributed by atoms with E-state index >= 15 is 0 Å². The second kappa shape index (κ2) is 34.1. The zero-order valence-electron chi connectivity index (χ0n) is 78.2. The molecule has 28 aromatic carbocycles. The molecule has 0 spiro atoms. The summed E-state index contributed by atoms with van der Waals surface area (Å²) in [4.78, 5) is 7.73. The van der Waals surface area contributed by atoms with Crippen LogP contribution in [-0.4, -0.2) is 0 Å². The normalized spacial score (nSPS) is 11.8. The van der Waals surface area contributed by atoms with Gasteiger partial charge in [-0.1, -0.05) is 461 Å². The maximum absolute atomic E-state index is 2.63. The summed E-state index contributed by atoms with van der Waals surface area (Å²) >= 11 is 0. The molecular formula is C140H89N3. The van der Waals surface area contributed by atoms with Gasteiger partial charge in [0.2, 0.25) is 0 Å². The highest BCUT2D eigenvalue weighted by Crippen LogP contribution is 2.58. The summed E-state index contributed by atoms with van der Waals surface area (Å²) < 4.78 is 0. The smallest absolute Gasteiger partial charge is 0.0625 e. The molecule has 28 aromatic rings. The second-order valence-electron chi connectivity index (χ2n) is 37.9. The van der Waals surface area contributed by atoms with Crippen molar-refractivity contribution in [3.8, 4) is 77.9 Å². The summed E-state index contributed by atoms with van der Waals surface area (Å²) in [6.07, 6.45) is 0. The molecule has 0 aliphatic heterocycles. The molecule has 0 amide bonds. The highest BCUT2D eigenvalue weighted by molar-refractivity contribution is 6.30. The van der Waals surface area contributed by atoms with Gasteiger partial charge in [-0.15, -0.1) is 0 Å². The van der Waals surface area contributed by atoms with E-state index in [9.17, 15) is 0 Å². The molecule has 0 fully saturated rings. The second-order valence-corrected chi connectivity index (χ2v) is 37.9. The van der Waals surface area contributed by atoms with Crippen molar-refractivity contribution in [3.63, 3.8) is 0 Å². The molecule has 0 aliphatic carbocycles. The highest BCUT2D eigenvalue weighted by Gasteiger charge is 2.32. The van der Waals surface area contributed by atoms with E-state index in [0.717, 1.165) is 166 Å². The zero-order valence-corrected chi connectivity index (χ0v) is 78.2. The van der Waals surface area contributed by atoms with Crippen molar-refractivity contribution in [3.05, 3.63) is 540 Å². The Morgan fingerprint density at radius 2 is 0.392 bits per heavy atom. The molecule has 0 N–H and O–H groups in total. The molecular weight excluding hydrogens is 1720 g/mol. The Labute approximate surface area is 828 Å². The number of benzene rings is 28. The standard InChI is InChI=1S/C140H89N3/c1-2-36-95(37-3-1)135-125-60-24-16-51-115(125)119-55-20-28-64-129(119)139(135)142(105-77-71-93(72-78-105)99-74-80-122-114-50-11-10-48-112(114)113-49-12-13-57-121(113)131(122)89-99)133-83-81-107(110-46-14-22-58-123(110)133)101-42-31-44-103(87-101)137-127-62-26-18-53-117(127)120-56-21-29-65-130(120)140(137)143(132-66-32-40-94-35-8-9-45-109(94)132)134-84-82-108(111-47-15-23-59-124(111)134)100-41-30-43-102(86-100)136-126-61-25-17-52-116(126)118-54-19-27-63-128(118)138(136)141(106-79-73-91-34-5-7-39-97(91)88-106)104-75-69-92(70-76-104)98-68-67-90-33-4-6-38-96(90)85-98/h1-89H. The molecule has 143 heavy (non-hydrogen) atoms. The van der Waals surface area contributed by atoms with Gasteiger partial charge < -0.3 is 14.7 Å². The van der Waals surface area contributed by atoms with Crippen LogP contribution >= 0.6 is 0 Å². The molecule has 3 heteroatoms. The number of anilines is 9. The van der Waals surface area contributed by atoms with Crippen LogP contribution in [0.1, 0.15) is 0 Å². The molecule has 0 aliphatic rings. The highest BCUT2D eigenvalue weighted by atomic mass is 15.2. The largest absolute Gasteiger partial charge is 0.309 e. The maximum Gasteiger partial charge on any atom is 0.0625 e. The van der Waals surface area contributed by atoms with E-state index in [4.69, 9.17) is 0 Å². The fourth-order valence-corrected chi connectivity index (χ4v) is 23.6. The van der Waals surface area contributed by atoms with Crippen molar-refractivity contribution < 1.29 is 0 Å². The predicted molar refractivity (Wildman–Crippen MR) is 614 cm³/mol. The summed E-state index contributed by atoms with van der Waals surface area (Å²) in [6, 6.07) is 202. The average molecular weight is 1810 g/mol. The molecule has 0 heterocycles. The third kappa shape index (κ3) is 13.7. The SMILES string of the molecule is c1ccc(-c2c(N(c3ccc(-c4ccc5c6ccccc6c6ccccc6c5c4)cc3)c3ccc(-c4cccc(-c5c(N(c6cccc7ccccc67)c6ccc(-c7cccc(-c8c(N(c9ccc(-c%10ccc%11ccccc%11c%10)cc9)c9ccc%10ccccc%10c9)c9ccccc9c9ccccc89)c7)c7ccccc67)c6ccccc6c6ccccc56)c4)c4ccccc34)c3ccccc3c3ccccc23)cc1. The van der Waals surface area contributed by atoms with Crippen LogP contribution in [0.2, 0.25) is 0 Å². The minimum absolute atomic E-state index is 1.04. The van der Waals surface area contributed by atoms with Gasteiger partial charge in [-0.25, -0.2) is 0 Å². The maximum atomic E-state index is 2.63. The van der Waals surface area contributed by atoms with Gasteiger partial charge in [-0.3, -0.25) is 0 Å². The molecule has 0 unspecified atom stereocenters. The van der Waals surface area contributed by atoms with E-state index in [1.807, 2.05) is 0 Å². The molecule has 0 saturated carbocycles. The van der Waals surface area contributed by atoms with Crippen LogP contribution in [0.25, 0.3) is 229 Å². The van der Waals surface area contributed by atoms with Crippen LogP contribution in [0.5, 0.6) is 0 Å². The van der Waals surface area contributed by atoms with Gasteiger partial charge in [-0.2, -0.15) is 0 Å². The Bertz CT molecular complexity index is 10000. The monoisotopic (exact) mass is 1810 g/mol. The Balaban J connectivity index is 0.621. The third-order valence-electron chi connectivity index (χ3n) is 30.1. The van der Waals surface area contributed by atoms with Crippen LogP contribution in [0.15, 0.2) is 540 Å². The molecule has 3 nitrogen and oxygen atoms in total. The van der Waals surface area contributed by atoms with Crippen LogP contribution in [0, 0.1) is 0 Å². The first kappa shape index (κ1) is 82.5. The fraction of sp³-hybridized carbons (Fsp3) is 0. The van der Waals surface area contributed by atoms with E-state index in [1.165, 1.54) is 114 Å². The van der Waals surface area contributed by atoms with Crippen molar-refractivity contribution in [1.29, 1.82) is 0 Å². The van der Waals surface area contributed by atoms with Gasteiger partial charge >= 0.3 is 0 Å². The summed E-state index contributed by atoms with van der Waals surface area (Å²) in [5.41, 5.74) is 25.6. The Kier molecular flexibility index (Phi) is 19.7. The molecule has 0 radical (unpaired) electrons. The lowest BCUT2D eigenvalue weighted by Gasteiger charge is -2.33. The quantitative estimate of drug-likeness (QED) is 0.0893. The topological polar surface area (TPSA) is 9.72 Å². The van der Waals surface area contributed by atoms with E-state index in [2.05, 4.69) is 555 Å². The molecule has 0 saturated heterocycles. The Morgan fingerprint density at radius 3 is 0.881 bits per heavy atom. The predicted octanol–water partition coefficient (Wildman–Crippen LogP) is 39.9. The van der Waals surface area contributed by atoms with E-state index in [0.29, 0.717) is 0 Å². The van der Waals surface area contributed by atoms with Crippen molar-refractivity contribution in [2.45, 2.75) is 0 Å². The van der Waals surface area contributed by atoms with Crippen molar-refractivity contribution in [1.82, 2.24) is 0 Å². The van der Waals surface area contributed by atoms with Crippen LogP contribution in [0.4, 0.5) is 51.2 Å². The first-order valence-corrected chi connectivity index (χ1v) is 49.5. The van der Waals surface area contributed by atoms with Crippen molar-refractivity contribution >= 4 is 202 Å². The molecule has 664 valence electrons. The lowest BCUT2D eigenvalue weighted by atomic mass is 9.87. The summed E-state index contributed by atoms with van der Waals surface area (Å²) in [7, 11) is 0. The fourth-order valence-electron chi connectivity index (χ4n) is 23.6. The van der Waals surface area contributed by atoms with Crippen LogP contribution in [-0.2, 0) is 0 Å². The van der Waals surface area contributed by atoms with Gasteiger partial charge in [0.1, 0.15) is 0 Å². The number of nitrogens with zero attached hydrogens (tertiary/aromatic N) is 3. The molecule has 0 atom stereocenters. The molecule has 0 aromatic heterocycles. The average Bonchev–Trinajstić information content (AvgIpc) is 0.724. The lowest BCUT2D eigenvalue weighted by Crippen LogP contribution is -2.13. The van der Waals surface area contributed by atoms with Crippen LogP contribution in [0.3, 0.4) is 0 Å². The van der Waals surface area contributed by atoms with E-state index < -0.39 is 0 Å². The lowest BCUT2D eigenvalue weighted by molar-refractivity contribution is 1.31. The summed E-state index contributed by atoms with van der Waals surface area (Å²) in [6.45, 7) is 0. The van der Waals surface area contributed by atoms with E-state index in [1.54, 1.807) is 0 Å². The summed E-state index contributed by atoms with van der Waals surface area (Å²) in [5, 5.41) is 33.3. The van der Waals surface area contributed by atoms with Gasteiger partial charge in [-0.05, 0) is 259 Å². The Hall–Kier alpha value is -18.8. The van der Waals surface area contributed by atoms with Gasteiger partial charge in [0.05, 0.1) is 34.1 Å². The first-order chi connectivity index (χ1) is 71.0. The van der Waals surface area contributed by atoms with Gasteiger partial charge in [0.15, 0.2) is 0 Å². The minimum Gasteiger partial charge on any atom is -0.309 e. The van der Waals surface area contributed by atoms with Crippen LogP contribution < -0.4 is 14.7 Å². The Morgan fingerprint density at radius 1 is 0.105 bits per heavy atom. The van der Waals surface area contributed by atoms with Crippen molar-refractivity contribution in [2.75, 3.05) is 14.7 Å². The van der Waals surface area contributed by atoms with Gasteiger partial charge in [0, 0.05) is 66.1 Å². The summed E-state index contributed by atoms with van der Waals surface area (Å²) in [5.74, 6) is 0. The minimum atomic E-state index is 1.04. The number of hydrogen-bond donors (Lipinski definition) is 0. The number of hydrogen-bond acceptors (Lipinski definition) is 3. The third-order valence-corrected chi connectivity index (χ3v) is 30.1. The first-order valence-electron chi connectivity index (χ1n) is 49.5. The molecule has 28 rings (SSSR count). The van der Waals surface area contributed by atoms with Crippen molar-refractivity contribution in [2.24, 2.45) is 0 Å². The number of fused-ring (bicyclic) bond motifs is 20. The van der Waals surface area contributed by atoms with E-state index in [-0.39, 0.29) is 0 Å². The zero-order chi connectivity index (χ0) is 94.1. The van der Waals surface area contributed by atoms with Gasteiger partial charge in [0.25, 0.3) is 0 Å². The number of rotatable bonds is 16.